The molecule has 3 aromatic rings. The maximum Gasteiger partial charge on any atom is 0.363 e. The quantitative estimate of drug-likeness (QED) is 0.458. The van der Waals surface area contributed by atoms with Crippen LogP contribution < -0.4 is 10.2 Å². The van der Waals surface area contributed by atoms with Crippen LogP contribution in [0.25, 0.3) is 5.69 Å². The van der Waals surface area contributed by atoms with E-state index in [1.807, 2.05) is 6.07 Å². The number of carbonyl (C=O) groups is 1. The Hall–Kier alpha value is -3.63. The SMILES string of the molecule is Cc1cc(=O)c(C(=O)OCCOc2ccc(C#N)cc2)nn1-c1ccc(Cl)cc1. The van der Waals surface area contributed by atoms with Crippen LogP contribution in [0.5, 0.6) is 5.75 Å². The Morgan fingerprint density at radius 2 is 1.83 bits per heavy atom. The third kappa shape index (κ3) is 5.00. The molecule has 0 saturated carbocycles. The monoisotopic (exact) mass is 409 g/mol. The molecule has 0 atom stereocenters. The number of aryl methyl sites for hydroxylation is 1. The average molecular weight is 410 g/mol. The van der Waals surface area contributed by atoms with Crippen molar-refractivity contribution in [2.75, 3.05) is 13.2 Å². The summed E-state index contributed by atoms with van der Waals surface area (Å²) < 4.78 is 12.0. The van der Waals surface area contributed by atoms with Crippen molar-refractivity contribution in [2.24, 2.45) is 0 Å². The van der Waals surface area contributed by atoms with Gasteiger partial charge in [-0.1, -0.05) is 11.6 Å². The molecule has 0 aliphatic rings. The molecule has 8 heteroatoms. The number of hydrogen-bond acceptors (Lipinski definition) is 6. The van der Waals surface area contributed by atoms with Gasteiger partial charge in [-0.25, -0.2) is 9.48 Å². The first-order valence-electron chi connectivity index (χ1n) is 8.65. The van der Waals surface area contributed by atoms with Gasteiger partial charge in [0.05, 0.1) is 17.3 Å². The topological polar surface area (TPSA) is 94.2 Å². The van der Waals surface area contributed by atoms with Crippen LogP contribution in [0.1, 0.15) is 21.7 Å². The Bertz CT molecular complexity index is 1120. The largest absolute Gasteiger partial charge is 0.490 e. The second-order valence-electron chi connectivity index (χ2n) is 6.01. The van der Waals surface area contributed by atoms with Crippen molar-refractivity contribution in [3.63, 3.8) is 0 Å². The summed E-state index contributed by atoms with van der Waals surface area (Å²) in [6.45, 7) is 1.74. The van der Waals surface area contributed by atoms with E-state index in [0.29, 0.717) is 27.7 Å². The van der Waals surface area contributed by atoms with Crippen molar-refractivity contribution >= 4 is 17.6 Å². The smallest absolute Gasteiger partial charge is 0.363 e. The van der Waals surface area contributed by atoms with Crippen molar-refractivity contribution in [1.82, 2.24) is 9.78 Å². The second-order valence-corrected chi connectivity index (χ2v) is 6.44. The number of nitrogens with zero attached hydrogens (tertiary/aromatic N) is 3. The highest BCUT2D eigenvalue weighted by atomic mass is 35.5. The molecule has 0 spiro atoms. The van der Waals surface area contributed by atoms with Gasteiger partial charge in [0, 0.05) is 16.8 Å². The van der Waals surface area contributed by atoms with Crippen molar-refractivity contribution in [3.8, 4) is 17.5 Å². The first kappa shape index (κ1) is 20.1. The van der Waals surface area contributed by atoms with Gasteiger partial charge in [-0.2, -0.15) is 10.4 Å². The molecule has 146 valence electrons. The molecule has 0 aliphatic carbocycles. The fourth-order valence-electron chi connectivity index (χ4n) is 2.52. The molecule has 0 radical (unpaired) electrons. The number of benzene rings is 2. The van der Waals surface area contributed by atoms with E-state index in [1.54, 1.807) is 55.5 Å². The van der Waals surface area contributed by atoms with Gasteiger partial charge in [-0.3, -0.25) is 4.79 Å². The minimum Gasteiger partial charge on any atom is -0.490 e. The van der Waals surface area contributed by atoms with E-state index < -0.39 is 11.4 Å². The summed E-state index contributed by atoms with van der Waals surface area (Å²) >= 11 is 5.90. The van der Waals surface area contributed by atoms with Crippen LogP contribution in [-0.4, -0.2) is 29.0 Å². The first-order valence-corrected chi connectivity index (χ1v) is 9.03. The van der Waals surface area contributed by atoms with Gasteiger partial charge in [-0.05, 0) is 55.5 Å². The number of nitriles is 1. The Kier molecular flexibility index (Phi) is 6.27. The summed E-state index contributed by atoms with van der Waals surface area (Å²) in [6, 6.07) is 16.7. The Balaban J connectivity index is 1.65. The molecule has 0 N–H and O–H groups in total. The highest BCUT2D eigenvalue weighted by Crippen LogP contribution is 2.14. The molecule has 1 heterocycles. The summed E-state index contributed by atoms with van der Waals surface area (Å²) in [4.78, 5) is 24.5. The lowest BCUT2D eigenvalue weighted by Crippen LogP contribution is -2.25. The van der Waals surface area contributed by atoms with Crippen LogP contribution in [0.2, 0.25) is 5.02 Å². The summed E-state index contributed by atoms with van der Waals surface area (Å²) in [6.07, 6.45) is 0. The van der Waals surface area contributed by atoms with E-state index in [-0.39, 0.29) is 18.9 Å². The second kappa shape index (κ2) is 9.04. The van der Waals surface area contributed by atoms with Crippen molar-refractivity contribution in [1.29, 1.82) is 5.26 Å². The molecule has 0 unspecified atom stereocenters. The molecule has 29 heavy (non-hydrogen) atoms. The van der Waals surface area contributed by atoms with Crippen LogP contribution in [0, 0.1) is 18.3 Å². The fraction of sp³-hybridized carbons (Fsp3) is 0.143. The third-order valence-corrected chi connectivity index (χ3v) is 4.19. The summed E-state index contributed by atoms with van der Waals surface area (Å²) in [5.41, 5.74) is 0.906. The third-order valence-electron chi connectivity index (χ3n) is 3.94. The van der Waals surface area contributed by atoms with Crippen LogP contribution in [-0.2, 0) is 4.74 Å². The van der Waals surface area contributed by atoms with Crippen molar-refractivity contribution in [2.45, 2.75) is 6.92 Å². The average Bonchev–Trinajstić information content (AvgIpc) is 2.72. The lowest BCUT2D eigenvalue weighted by atomic mass is 10.2. The van der Waals surface area contributed by atoms with Crippen LogP contribution >= 0.6 is 11.6 Å². The van der Waals surface area contributed by atoms with E-state index in [1.165, 1.54) is 10.7 Å². The van der Waals surface area contributed by atoms with E-state index in [4.69, 9.17) is 26.3 Å². The highest BCUT2D eigenvalue weighted by molar-refractivity contribution is 6.30. The maximum absolute atomic E-state index is 12.3. The molecule has 3 rings (SSSR count). The normalized spacial score (nSPS) is 10.2. The minimum absolute atomic E-state index is 0.0607. The predicted molar refractivity (Wildman–Crippen MR) is 107 cm³/mol. The lowest BCUT2D eigenvalue weighted by Gasteiger charge is -2.11. The van der Waals surface area contributed by atoms with Crippen LogP contribution in [0.4, 0.5) is 0 Å². The Morgan fingerprint density at radius 1 is 1.14 bits per heavy atom. The molecule has 0 saturated heterocycles. The number of carbonyl (C=O) groups excluding carboxylic acids is 1. The molecule has 0 bridgehead atoms. The number of hydrogen-bond donors (Lipinski definition) is 0. The number of rotatable bonds is 6. The predicted octanol–water partition coefficient (Wildman–Crippen LogP) is 3.30. The van der Waals surface area contributed by atoms with Crippen molar-refractivity contribution in [3.05, 3.63) is 86.8 Å². The highest BCUT2D eigenvalue weighted by Gasteiger charge is 2.17. The fourth-order valence-corrected chi connectivity index (χ4v) is 2.65. The zero-order valence-corrected chi connectivity index (χ0v) is 16.2. The molecule has 2 aromatic carbocycles. The van der Waals surface area contributed by atoms with E-state index in [9.17, 15) is 9.59 Å². The maximum atomic E-state index is 12.3. The molecular formula is C21H16ClN3O4. The van der Waals surface area contributed by atoms with Gasteiger partial charge < -0.3 is 9.47 Å². The molecule has 0 amide bonds. The Morgan fingerprint density at radius 3 is 2.48 bits per heavy atom. The number of aromatic nitrogens is 2. The summed E-state index contributed by atoms with van der Waals surface area (Å²) in [5, 5.41) is 13.5. The van der Waals surface area contributed by atoms with Gasteiger partial charge in [0.1, 0.15) is 19.0 Å². The van der Waals surface area contributed by atoms with E-state index in [2.05, 4.69) is 5.10 Å². The number of halogens is 1. The van der Waals surface area contributed by atoms with E-state index in [0.717, 1.165) is 0 Å². The zero-order chi connectivity index (χ0) is 20.8. The zero-order valence-electron chi connectivity index (χ0n) is 15.5. The summed E-state index contributed by atoms with van der Waals surface area (Å²) in [7, 11) is 0. The number of esters is 1. The molecule has 0 aliphatic heterocycles. The van der Waals surface area contributed by atoms with Gasteiger partial charge in [0.2, 0.25) is 11.1 Å². The Labute approximate surface area is 171 Å². The molecule has 1 aromatic heterocycles. The van der Waals surface area contributed by atoms with Gasteiger partial charge >= 0.3 is 5.97 Å². The molecule has 7 nitrogen and oxygen atoms in total. The standard InChI is InChI=1S/C21H16ClN3O4/c1-14-12-19(26)20(24-25(14)17-6-4-16(22)5-7-17)21(27)29-11-10-28-18-8-2-15(13-23)3-9-18/h2-9,12H,10-11H2,1H3. The first-order chi connectivity index (χ1) is 14.0. The van der Waals surface area contributed by atoms with E-state index >= 15 is 0 Å². The number of ether oxygens (including phenoxy) is 2. The minimum atomic E-state index is -0.832. The van der Waals surface area contributed by atoms with Gasteiger partial charge in [0.25, 0.3) is 0 Å². The van der Waals surface area contributed by atoms with Gasteiger partial charge in [-0.15, -0.1) is 0 Å². The van der Waals surface area contributed by atoms with Crippen LogP contribution in [0.3, 0.4) is 0 Å². The summed E-state index contributed by atoms with van der Waals surface area (Å²) in [5.74, 6) is -0.292. The van der Waals surface area contributed by atoms with Crippen molar-refractivity contribution < 1.29 is 14.3 Å². The lowest BCUT2D eigenvalue weighted by molar-refractivity contribution is 0.0440. The van der Waals surface area contributed by atoms with Crippen LogP contribution in [0.15, 0.2) is 59.4 Å². The molecule has 0 fully saturated rings. The van der Waals surface area contributed by atoms with Gasteiger partial charge in [0.15, 0.2) is 0 Å². The molecular weight excluding hydrogens is 394 g/mol.